The minimum absolute atomic E-state index is 0.153. The highest BCUT2D eigenvalue weighted by atomic mass is 16.4. The lowest BCUT2D eigenvalue weighted by atomic mass is 10.0. The Morgan fingerprint density at radius 3 is 2.52 bits per heavy atom. The second kappa shape index (κ2) is 5.05. The van der Waals surface area contributed by atoms with Gasteiger partial charge in [-0.05, 0) is 17.7 Å². The molecule has 7 nitrogen and oxygen atoms in total. The maximum Gasteiger partial charge on any atom is 0.331 e. The first-order valence-electron chi connectivity index (χ1n) is 7.33. The lowest BCUT2D eigenvalue weighted by Crippen LogP contribution is -2.61. The number of hydrogen-bond donors (Lipinski definition) is 1. The number of anilines is 1. The largest absolute Gasteiger partial charge is 0.479 e. The summed E-state index contributed by atoms with van der Waals surface area (Å²) in [5.41, 5.74) is 1.05. The van der Waals surface area contributed by atoms with E-state index >= 15 is 0 Å². The van der Waals surface area contributed by atoms with E-state index < -0.39 is 12.0 Å². The third-order valence-corrected chi connectivity index (χ3v) is 4.32. The standard InChI is InChI=1S/C16H14N4O3/c21-14-12-5-2-1-4-11(12)13(15(22)23)20(14)10-8-19(9-10)16-17-6-3-7-18-16/h1-7,10,13H,8-9H2,(H,22,23). The van der Waals surface area contributed by atoms with E-state index in [4.69, 9.17) is 0 Å². The predicted octanol–water partition coefficient (Wildman–Crippen LogP) is 0.947. The third-order valence-electron chi connectivity index (χ3n) is 4.32. The Balaban J connectivity index is 1.58. The second-order valence-corrected chi connectivity index (χ2v) is 5.65. The molecule has 1 amide bonds. The van der Waals surface area contributed by atoms with E-state index in [0.29, 0.717) is 30.2 Å². The van der Waals surface area contributed by atoms with E-state index in [9.17, 15) is 14.7 Å². The van der Waals surface area contributed by atoms with Crippen molar-refractivity contribution >= 4 is 17.8 Å². The second-order valence-electron chi connectivity index (χ2n) is 5.65. The number of nitrogens with zero attached hydrogens (tertiary/aromatic N) is 4. The molecule has 0 saturated carbocycles. The number of benzene rings is 1. The lowest BCUT2D eigenvalue weighted by Gasteiger charge is -2.45. The molecule has 1 fully saturated rings. The number of hydrogen-bond acceptors (Lipinski definition) is 5. The number of carbonyl (C=O) groups excluding carboxylic acids is 1. The molecule has 0 bridgehead atoms. The smallest absolute Gasteiger partial charge is 0.331 e. The van der Waals surface area contributed by atoms with E-state index in [1.807, 2.05) is 4.90 Å². The molecule has 4 rings (SSSR count). The van der Waals surface area contributed by atoms with Gasteiger partial charge in [0.15, 0.2) is 6.04 Å². The molecule has 2 aliphatic rings. The van der Waals surface area contributed by atoms with Crippen LogP contribution in [0.15, 0.2) is 42.7 Å². The Bertz CT molecular complexity index is 774. The molecule has 1 atom stereocenters. The number of rotatable bonds is 3. The number of aliphatic carboxylic acids is 1. The van der Waals surface area contributed by atoms with Crippen LogP contribution in [0.2, 0.25) is 0 Å². The zero-order valence-corrected chi connectivity index (χ0v) is 12.2. The zero-order chi connectivity index (χ0) is 16.0. The van der Waals surface area contributed by atoms with Gasteiger partial charge in [-0.2, -0.15) is 0 Å². The summed E-state index contributed by atoms with van der Waals surface area (Å²) in [6.07, 6.45) is 3.32. The summed E-state index contributed by atoms with van der Waals surface area (Å²) in [6.45, 7) is 1.07. The Morgan fingerprint density at radius 2 is 1.83 bits per heavy atom. The first kappa shape index (κ1) is 13.7. The summed E-state index contributed by atoms with van der Waals surface area (Å²) in [5.74, 6) is -0.621. The Hall–Kier alpha value is -2.96. The molecule has 0 radical (unpaired) electrons. The predicted molar refractivity (Wildman–Crippen MR) is 81.0 cm³/mol. The van der Waals surface area contributed by atoms with Crippen LogP contribution in [0.1, 0.15) is 22.0 Å². The molecule has 1 aromatic heterocycles. The Morgan fingerprint density at radius 1 is 1.13 bits per heavy atom. The fourth-order valence-electron chi connectivity index (χ4n) is 3.21. The topological polar surface area (TPSA) is 86.6 Å². The summed E-state index contributed by atoms with van der Waals surface area (Å²) in [4.78, 5) is 36.0. The number of amides is 1. The van der Waals surface area contributed by atoms with E-state index in [0.717, 1.165) is 0 Å². The maximum atomic E-state index is 12.6. The highest BCUT2D eigenvalue weighted by molar-refractivity contribution is 6.03. The number of carboxylic acid groups (broad SMARTS) is 1. The van der Waals surface area contributed by atoms with Crippen LogP contribution in [0.3, 0.4) is 0 Å². The van der Waals surface area contributed by atoms with Gasteiger partial charge in [-0.1, -0.05) is 18.2 Å². The van der Waals surface area contributed by atoms with E-state index in [2.05, 4.69) is 9.97 Å². The quantitative estimate of drug-likeness (QED) is 0.908. The first-order chi connectivity index (χ1) is 11.2. The monoisotopic (exact) mass is 310 g/mol. The van der Waals surface area contributed by atoms with E-state index in [1.165, 1.54) is 4.90 Å². The van der Waals surface area contributed by atoms with Crippen LogP contribution < -0.4 is 4.90 Å². The van der Waals surface area contributed by atoms with Crippen molar-refractivity contribution in [1.82, 2.24) is 14.9 Å². The number of fused-ring (bicyclic) bond motifs is 1. The summed E-state index contributed by atoms with van der Waals surface area (Å²) < 4.78 is 0. The lowest BCUT2D eigenvalue weighted by molar-refractivity contribution is -0.143. The zero-order valence-electron chi connectivity index (χ0n) is 12.2. The fraction of sp³-hybridized carbons (Fsp3) is 0.250. The number of aromatic nitrogens is 2. The van der Waals surface area contributed by atoms with Gasteiger partial charge in [0.1, 0.15) is 0 Å². The van der Waals surface area contributed by atoms with Gasteiger partial charge in [0.05, 0.1) is 6.04 Å². The number of carboxylic acids is 1. The van der Waals surface area contributed by atoms with Crippen molar-refractivity contribution in [2.45, 2.75) is 12.1 Å². The highest BCUT2D eigenvalue weighted by Gasteiger charge is 2.48. The van der Waals surface area contributed by atoms with E-state index in [-0.39, 0.29) is 11.9 Å². The van der Waals surface area contributed by atoms with Crippen molar-refractivity contribution in [2.24, 2.45) is 0 Å². The van der Waals surface area contributed by atoms with Gasteiger partial charge < -0.3 is 14.9 Å². The molecule has 7 heteroatoms. The molecule has 0 aliphatic carbocycles. The van der Waals surface area contributed by atoms with Crippen LogP contribution >= 0.6 is 0 Å². The third kappa shape index (κ3) is 2.04. The molecule has 1 saturated heterocycles. The average molecular weight is 310 g/mol. The molecular weight excluding hydrogens is 296 g/mol. The molecule has 0 spiro atoms. The van der Waals surface area contributed by atoms with Crippen LogP contribution in [0, 0.1) is 0 Å². The summed E-state index contributed by atoms with van der Waals surface area (Å²) in [7, 11) is 0. The minimum atomic E-state index is -1.00. The van der Waals surface area contributed by atoms with Gasteiger partial charge in [0.25, 0.3) is 5.91 Å². The van der Waals surface area contributed by atoms with Crippen LogP contribution in [-0.2, 0) is 4.79 Å². The number of carbonyl (C=O) groups is 2. The molecule has 23 heavy (non-hydrogen) atoms. The van der Waals surface area contributed by atoms with Crippen LogP contribution in [0.25, 0.3) is 0 Å². The summed E-state index contributed by atoms with van der Waals surface area (Å²) >= 11 is 0. The van der Waals surface area contributed by atoms with Gasteiger partial charge in [0, 0.05) is 31.0 Å². The van der Waals surface area contributed by atoms with Crippen molar-refractivity contribution in [1.29, 1.82) is 0 Å². The van der Waals surface area contributed by atoms with Gasteiger partial charge in [-0.25, -0.2) is 14.8 Å². The van der Waals surface area contributed by atoms with Gasteiger partial charge >= 0.3 is 5.97 Å². The molecule has 116 valence electrons. The van der Waals surface area contributed by atoms with Crippen molar-refractivity contribution in [3.63, 3.8) is 0 Å². The molecule has 1 N–H and O–H groups in total. The highest BCUT2D eigenvalue weighted by Crippen LogP contribution is 2.37. The Labute approximate surface area is 132 Å². The molecule has 1 aromatic carbocycles. The van der Waals surface area contributed by atoms with Crippen molar-refractivity contribution < 1.29 is 14.7 Å². The first-order valence-corrected chi connectivity index (χ1v) is 7.33. The van der Waals surface area contributed by atoms with Gasteiger partial charge in [-0.15, -0.1) is 0 Å². The average Bonchev–Trinajstić information content (AvgIpc) is 2.81. The van der Waals surface area contributed by atoms with Crippen LogP contribution in [0.5, 0.6) is 0 Å². The normalized spacial score (nSPS) is 20.3. The minimum Gasteiger partial charge on any atom is -0.479 e. The molecule has 3 heterocycles. The molecule has 1 unspecified atom stereocenters. The summed E-state index contributed by atoms with van der Waals surface area (Å²) in [6, 6.07) is 7.58. The van der Waals surface area contributed by atoms with Crippen molar-refractivity contribution in [3.8, 4) is 0 Å². The molecular formula is C16H14N4O3. The van der Waals surface area contributed by atoms with Crippen LogP contribution in [-0.4, -0.2) is 51.0 Å². The maximum absolute atomic E-state index is 12.6. The van der Waals surface area contributed by atoms with Gasteiger partial charge in [-0.3, -0.25) is 4.79 Å². The fourth-order valence-corrected chi connectivity index (χ4v) is 3.21. The van der Waals surface area contributed by atoms with Crippen molar-refractivity contribution in [3.05, 3.63) is 53.9 Å². The van der Waals surface area contributed by atoms with Crippen LogP contribution in [0.4, 0.5) is 5.95 Å². The molecule has 2 aliphatic heterocycles. The summed E-state index contributed by atoms with van der Waals surface area (Å²) in [5, 5.41) is 9.57. The molecule has 2 aromatic rings. The SMILES string of the molecule is O=C(O)C1c2ccccc2C(=O)N1C1CN(c2ncccn2)C1. The van der Waals surface area contributed by atoms with E-state index in [1.54, 1.807) is 42.7 Å². The van der Waals surface area contributed by atoms with Crippen molar-refractivity contribution in [2.75, 3.05) is 18.0 Å². The Kier molecular flexibility index (Phi) is 3.00. The van der Waals surface area contributed by atoms with Gasteiger partial charge in [0.2, 0.25) is 5.95 Å².